The van der Waals surface area contributed by atoms with Crippen molar-refractivity contribution in [1.29, 1.82) is 0 Å². The van der Waals surface area contributed by atoms with Gasteiger partial charge in [-0.15, -0.1) is 0 Å². The smallest absolute Gasteiger partial charge is 0.150 e. The van der Waals surface area contributed by atoms with Crippen molar-refractivity contribution < 1.29 is 4.79 Å². The van der Waals surface area contributed by atoms with Crippen LogP contribution < -0.4 is 0 Å². The Morgan fingerprint density at radius 2 is 1.79 bits per heavy atom. The number of carbonyl (C=O) groups excluding carboxylic acids is 1. The highest BCUT2D eigenvalue weighted by atomic mass is 35.5. The van der Waals surface area contributed by atoms with Crippen LogP contribution in [0, 0.1) is 0 Å². The molecule has 2 rings (SSSR count). The maximum atomic E-state index is 11.2. The van der Waals surface area contributed by atoms with Gasteiger partial charge in [0.2, 0.25) is 0 Å². The monoisotopic (exact) mass is 272 g/mol. The molecule has 0 amide bonds. The topological polar surface area (TPSA) is 17.1 Å². The average Bonchev–Trinajstić information content (AvgIpc) is 2.46. The minimum Gasteiger partial charge on any atom is -0.298 e. The molecule has 0 aliphatic carbocycles. The van der Waals surface area contributed by atoms with Gasteiger partial charge in [0.1, 0.15) is 0 Å². The predicted molar refractivity (Wildman–Crippen MR) is 81.0 cm³/mol. The fraction of sp³-hybridized carbons (Fsp3) is 0.235. The summed E-state index contributed by atoms with van der Waals surface area (Å²) >= 11 is 6.08. The zero-order chi connectivity index (χ0) is 13.8. The van der Waals surface area contributed by atoms with Crippen LogP contribution in [0.2, 0.25) is 5.02 Å². The van der Waals surface area contributed by atoms with Crippen molar-refractivity contribution in [3.05, 3.63) is 58.1 Å². The van der Waals surface area contributed by atoms with Crippen LogP contribution in [0.3, 0.4) is 0 Å². The first-order valence-corrected chi connectivity index (χ1v) is 6.94. The van der Waals surface area contributed by atoms with E-state index in [4.69, 9.17) is 11.6 Å². The maximum Gasteiger partial charge on any atom is 0.150 e. The molecule has 0 fully saturated rings. The van der Waals surface area contributed by atoms with E-state index in [1.54, 1.807) is 12.1 Å². The van der Waals surface area contributed by atoms with Gasteiger partial charge >= 0.3 is 0 Å². The molecule has 0 saturated heterocycles. The zero-order valence-electron chi connectivity index (χ0n) is 11.2. The van der Waals surface area contributed by atoms with E-state index in [2.05, 4.69) is 32.0 Å². The Balaban J connectivity index is 2.68. The van der Waals surface area contributed by atoms with Crippen molar-refractivity contribution in [2.24, 2.45) is 0 Å². The van der Waals surface area contributed by atoms with Gasteiger partial charge in [0.25, 0.3) is 0 Å². The molecule has 0 radical (unpaired) electrons. The van der Waals surface area contributed by atoms with Gasteiger partial charge in [-0.3, -0.25) is 4.79 Å². The molecule has 0 atom stereocenters. The van der Waals surface area contributed by atoms with Crippen molar-refractivity contribution in [2.45, 2.75) is 26.7 Å². The first-order valence-electron chi connectivity index (χ1n) is 6.56. The standard InChI is InChI=1S/C17H17ClO/c1-3-12-5-6-13(4-2)16(9-12)17-10-15(18)8-7-14(17)11-19/h5-11H,3-4H2,1-2H3. The molecule has 19 heavy (non-hydrogen) atoms. The fourth-order valence-corrected chi connectivity index (χ4v) is 2.44. The summed E-state index contributed by atoms with van der Waals surface area (Å²) in [5.74, 6) is 0. The van der Waals surface area contributed by atoms with E-state index in [1.807, 2.05) is 6.07 Å². The van der Waals surface area contributed by atoms with Crippen molar-refractivity contribution >= 4 is 17.9 Å². The van der Waals surface area contributed by atoms with Crippen LogP contribution in [-0.4, -0.2) is 6.29 Å². The third-order valence-corrected chi connectivity index (χ3v) is 3.63. The summed E-state index contributed by atoms with van der Waals surface area (Å²) in [7, 11) is 0. The molecule has 1 nitrogen and oxygen atoms in total. The Morgan fingerprint density at radius 3 is 2.42 bits per heavy atom. The molecule has 0 aliphatic rings. The number of aldehydes is 1. The number of aryl methyl sites for hydroxylation is 2. The Kier molecular flexibility index (Phi) is 4.39. The first kappa shape index (κ1) is 13.8. The number of benzene rings is 2. The lowest BCUT2D eigenvalue weighted by Gasteiger charge is -2.12. The quantitative estimate of drug-likeness (QED) is 0.720. The van der Waals surface area contributed by atoms with E-state index in [9.17, 15) is 4.79 Å². The second-order valence-electron chi connectivity index (χ2n) is 4.55. The molecule has 98 valence electrons. The van der Waals surface area contributed by atoms with Gasteiger partial charge in [-0.25, -0.2) is 0 Å². The van der Waals surface area contributed by atoms with Gasteiger partial charge in [0, 0.05) is 10.6 Å². The third-order valence-electron chi connectivity index (χ3n) is 3.40. The molecular formula is C17H17ClO. The summed E-state index contributed by atoms with van der Waals surface area (Å²) in [5, 5.41) is 0.657. The Bertz CT molecular complexity index is 602. The van der Waals surface area contributed by atoms with Crippen LogP contribution in [0.25, 0.3) is 11.1 Å². The van der Waals surface area contributed by atoms with Crippen LogP contribution in [-0.2, 0) is 12.8 Å². The van der Waals surface area contributed by atoms with Crippen LogP contribution in [0.1, 0.15) is 35.3 Å². The summed E-state index contributed by atoms with van der Waals surface area (Å²) in [4.78, 5) is 11.2. The lowest BCUT2D eigenvalue weighted by Crippen LogP contribution is -1.94. The number of halogens is 1. The molecule has 2 heteroatoms. The van der Waals surface area contributed by atoms with Gasteiger partial charge in [0.15, 0.2) is 6.29 Å². The van der Waals surface area contributed by atoms with Gasteiger partial charge in [-0.05, 0) is 53.3 Å². The van der Waals surface area contributed by atoms with Crippen molar-refractivity contribution in [1.82, 2.24) is 0 Å². The Labute approximate surface area is 119 Å². The molecule has 2 aromatic carbocycles. The van der Waals surface area contributed by atoms with Gasteiger partial charge in [-0.2, -0.15) is 0 Å². The molecule has 2 aromatic rings. The number of carbonyl (C=O) groups is 1. The zero-order valence-corrected chi connectivity index (χ0v) is 12.0. The van der Waals surface area contributed by atoms with E-state index >= 15 is 0 Å². The second kappa shape index (κ2) is 6.03. The second-order valence-corrected chi connectivity index (χ2v) is 4.98. The largest absolute Gasteiger partial charge is 0.298 e. The fourth-order valence-electron chi connectivity index (χ4n) is 2.27. The van der Waals surface area contributed by atoms with Crippen LogP contribution in [0.4, 0.5) is 0 Å². The predicted octanol–water partition coefficient (Wildman–Crippen LogP) is 4.94. The number of hydrogen-bond donors (Lipinski definition) is 0. The number of rotatable bonds is 4. The van der Waals surface area contributed by atoms with E-state index in [-0.39, 0.29) is 0 Å². The summed E-state index contributed by atoms with van der Waals surface area (Å²) in [6, 6.07) is 11.9. The molecule has 0 aliphatic heterocycles. The van der Waals surface area contributed by atoms with Crippen molar-refractivity contribution in [3.63, 3.8) is 0 Å². The summed E-state index contributed by atoms with van der Waals surface area (Å²) in [6.07, 6.45) is 2.81. The van der Waals surface area contributed by atoms with Gasteiger partial charge < -0.3 is 0 Å². The minimum absolute atomic E-state index is 0.657. The molecule has 0 heterocycles. The van der Waals surface area contributed by atoms with Crippen molar-refractivity contribution in [3.8, 4) is 11.1 Å². The molecule has 0 unspecified atom stereocenters. The molecule has 0 spiro atoms. The van der Waals surface area contributed by atoms with E-state index in [0.29, 0.717) is 10.6 Å². The van der Waals surface area contributed by atoms with Crippen LogP contribution >= 0.6 is 11.6 Å². The summed E-state index contributed by atoms with van der Waals surface area (Å²) in [6.45, 7) is 4.25. The molecule has 0 saturated carbocycles. The Hall–Kier alpha value is -1.60. The lowest BCUT2D eigenvalue weighted by atomic mass is 9.92. The molecular weight excluding hydrogens is 256 g/mol. The summed E-state index contributed by atoms with van der Waals surface area (Å²) < 4.78 is 0. The molecule has 0 aromatic heterocycles. The van der Waals surface area contributed by atoms with Crippen molar-refractivity contribution in [2.75, 3.05) is 0 Å². The van der Waals surface area contributed by atoms with Crippen LogP contribution in [0.15, 0.2) is 36.4 Å². The van der Waals surface area contributed by atoms with E-state index in [1.165, 1.54) is 11.1 Å². The minimum atomic E-state index is 0.657. The highest BCUT2D eigenvalue weighted by Gasteiger charge is 2.10. The SMILES string of the molecule is CCc1ccc(CC)c(-c2cc(Cl)ccc2C=O)c1. The lowest BCUT2D eigenvalue weighted by molar-refractivity contribution is 0.112. The maximum absolute atomic E-state index is 11.2. The normalized spacial score (nSPS) is 10.5. The third kappa shape index (κ3) is 2.87. The molecule has 0 bridgehead atoms. The highest BCUT2D eigenvalue weighted by Crippen LogP contribution is 2.30. The average molecular weight is 273 g/mol. The van der Waals surface area contributed by atoms with E-state index in [0.717, 1.165) is 30.3 Å². The first-order chi connectivity index (χ1) is 9.19. The highest BCUT2D eigenvalue weighted by molar-refractivity contribution is 6.31. The molecule has 0 N–H and O–H groups in total. The van der Waals surface area contributed by atoms with Crippen LogP contribution in [0.5, 0.6) is 0 Å². The Morgan fingerprint density at radius 1 is 1.00 bits per heavy atom. The summed E-state index contributed by atoms with van der Waals surface area (Å²) in [5.41, 5.74) is 5.24. The van der Waals surface area contributed by atoms with E-state index < -0.39 is 0 Å². The van der Waals surface area contributed by atoms with Gasteiger partial charge in [0.05, 0.1) is 0 Å². The number of hydrogen-bond acceptors (Lipinski definition) is 1. The van der Waals surface area contributed by atoms with Gasteiger partial charge in [-0.1, -0.05) is 43.6 Å².